The minimum Gasteiger partial charge on any atom is -0.544 e. The average Bonchev–Trinajstić information content (AvgIpc) is 3.08. The van der Waals surface area contributed by atoms with E-state index in [1.165, 1.54) is 96.3 Å². The van der Waals surface area contributed by atoms with Crippen molar-refractivity contribution in [3.63, 3.8) is 0 Å². The minimum absolute atomic E-state index is 0.0283. The van der Waals surface area contributed by atoms with Crippen molar-refractivity contribution in [1.82, 2.24) is 0 Å². The first-order valence-electron chi connectivity index (χ1n) is 20.5. The van der Waals surface area contributed by atoms with Crippen LogP contribution in [0.5, 0.6) is 0 Å². The summed E-state index contributed by atoms with van der Waals surface area (Å²) in [5.74, 6) is -1.81. The number of unbranched alkanes of at least 4 members (excludes halogenated alkanes) is 17. The van der Waals surface area contributed by atoms with Gasteiger partial charge in [0, 0.05) is 19.3 Å². The molecule has 2 unspecified atom stereocenters. The molecule has 0 radical (unpaired) electrons. The lowest BCUT2D eigenvalue weighted by atomic mass is 10.1. The number of likely N-dealkylation sites (N-methyl/N-ethyl adjacent to an activating group) is 1. The van der Waals surface area contributed by atoms with E-state index in [4.69, 9.17) is 14.2 Å². The van der Waals surface area contributed by atoms with Gasteiger partial charge < -0.3 is 28.6 Å². The first kappa shape index (κ1) is 48.5. The molecule has 0 bridgehead atoms. The zero-order valence-corrected chi connectivity index (χ0v) is 33.5. The fourth-order valence-electron chi connectivity index (χ4n) is 5.78. The molecule has 8 heteroatoms. The maximum Gasteiger partial charge on any atom is 0.306 e. The van der Waals surface area contributed by atoms with Crippen molar-refractivity contribution in [1.29, 1.82) is 0 Å². The Morgan fingerprint density at radius 2 is 1.08 bits per heavy atom. The molecule has 0 saturated carbocycles. The number of hydrogen-bond donors (Lipinski definition) is 0. The molecule has 0 heterocycles. The van der Waals surface area contributed by atoms with Crippen LogP contribution in [0.2, 0.25) is 0 Å². The lowest BCUT2D eigenvalue weighted by Crippen LogP contribution is -2.55. The monoisotopic (exact) mass is 720 g/mol. The number of rotatable bonds is 36. The molecule has 0 aliphatic rings. The van der Waals surface area contributed by atoms with Crippen molar-refractivity contribution < 1.29 is 38.2 Å². The van der Waals surface area contributed by atoms with Gasteiger partial charge in [-0.05, 0) is 51.4 Å². The van der Waals surface area contributed by atoms with E-state index < -0.39 is 18.1 Å². The number of carboxylic acid groups (broad SMARTS) is 1. The van der Waals surface area contributed by atoms with E-state index in [1.807, 2.05) is 6.08 Å². The van der Waals surface area contributed by atoms with Crippen molar-refractivity contribution in [3.05, 3.63) is 36.5 Å². The number of carbonyl (C=O) groups is 3. The second kappa shape index (κ2) is 34.6. The van der Waals surface area contributed by atoms with E-state index in [9.17, 15) is 19.5 Å². The molecule has 0 aromatic heterocycles. The normalized spacial score (nSPS) is 13.4. The summed E-state index contributed by atoms with van der Waals surface area (Å²) in [6, 6.07) is -0.728. The van der Waals surface area contributed by atoms with Crippen molar-refractivity contribution in [3.8, 4) is 0 Å². The quantitative estimate of drug-likeness (QED) is 0.0209. The molecular weight excluding hydrogens is 642 g/mol. The summed E-state index contributed by atoms with van der Waals surface area (Å²) in [5.41, 5.74) is 0. The number of quaternary nitrogens is 1. The molecule has 0 aromatic rings. The van der Waals surface area contributed by atoms with Crippen LogP contribution in [0, 0.1) is 0 Å². The van der Waals surface area contributed by atoms with Gasteiger partial charge in [0.05, 0.1) is 40.3 Å². The fraction of sp³-hybridized carbons (Fsp3) is 0.791. The molecule has 0 amide bonds. The molecular formula is C43H77NO7. The average molecular weight is 720 g/mol. The molecule has 51 heavy (non-hydrogen) atoms. The van der Waals surface area contributed by atoms with Crippen LogP contribution in [0.15, 0.2) is 36.5 Å². The second-order valence-corrected chi connectivity index (χ2v) is 14.9. The fourth-order valence-corrected chi connectivity index (χ4v) is 5.78. The Hall–Kier alpha value is -2.45. The number of ether oxygens (including phenoxy) is 3. The van der Waals surface area contributed by atoms with Crippen LogP contribution >= 0.6 is 0 Å². The smallest absolute Gasteiger partial charge is 0.306 e. The standard InChI is InChI=1S/C43H77NO7/c1-6-8-10-12-14-15-16-17-18-19-20-21-22-23-24-25-26-28-30-32-34-42(46)51-39(37-49-36-35-40(43(47)48)44(3,4)5)38-50-41(45)33-31-29-27-13-11-9-7-2/h15-18,27,29,39-40H,6-14,19-26,28,30-38H2,1-5H3/b16-15+,18-17+,29-27+. The topological polar surface area (TPSA) is 102 Å². The third-order valence-corrected chi connectivity index (χ3v) is 9.04. The third kappa shape index (κ3) is 33.2. The van der Waals surface area contributed by atoms with Gasteiger partial charge in [-0.2, -0.15) is 0 Å². The molecule has 0 N–H and O–H groups in total. The van der Waals surface area contributed by atoms with Crippen LogP contribution in [0.4, 0.5) is 0 Å². The third-order valence-electron chi connectivity index (χ3n) is 9.04. The highest BCUT2D eigenvalue weighted by atomic mass is 16.6. The number of carboxylic acids is 1. The van der Waals surface area contributed by atoms with Gasteiger partial charge in [-0.15, -0.1) is 0 Å². The molecule has 0 saturated heterocycles. The van der Waals surface area contributed by atoms with Gasteiger partial charge in [0.15, 0.2) is 6.10 Å². The van der Waals surface area contributed by atoms with E-state index >= 15 is 0 Å². The van der Waals surface area contributed by atoms with E-state index in [2.05, 4.69) is 44.2 Å². The summed E-state index contributed by atoms with van der Waals surface area (Å²) in [6.45, 7) is 4.52. The zero-order chi connectivity index (χ0) is 37.8. The van der Waals surface area contributed by atoms with Crippen LogP contribution in [0.3, 0.4) is 0 Å². The molecule has 0 aromatic carbocycles. The first-order valence-corrected chi connectivity index (χ1v) is 20.5. The molecule has 296 valence electrons. The Morgan fingerprint density at radius 3 is 1.65 bits per heavy atom. The van der Waals surface area contributed by atoms with Gasteiger partial charge >= 0.3 is 11.9 Å². The van der Waals surface area contributed by atoms with E-state index in [0.717, 1.165) is 32.1 Å². The van der Waals surface area contributed by atoms with Gasteiger partial charge in [0.1, 0.15) is 12.6 Å². The Bertz CT molecular complexity index is 937. The number of esters is 2. The maximum absolute atomic E-state index is 12.6. The summed E-state index contributed by atoms with van der Waals surface area (Å²) in [5, 5.41) is 11.6. The van der Waals surface area contributed by atoms with Crippen LogP contribution in [0.1, 0.15) is 168 Å². The van der Waals surface area contributed by atoms with Gasteiger partial charge in [0.25, 0.3) is 0 Å². The predicted octanol–water partition coefficient (Wildman–Crippen LogP) is 9.35. The number of hydrogen-bond acceptors (Lipinski definition) is 7. The highest BCUT2D eigenvalue weighted by Crippen LogP contribution is 2.14. The minimum atomic E-state index is -1.13. The molecule has 0 rings (SSSR count). The van der Waals surface area contributed by atoms with Gasteiger partial charge in [0.2, 0.25) is 0 Å². The SMILES string of the molecule is CCCCC/C=C/CCC(=O)OCC(COCCC(C(=O)[O-])[N+](C)(C)C)OC(=O)CCCCCCCCCCCC/C=C/C=C/CCCCCC. The van der Waals surface area contributed by atoms with Crippen molar-refractivity contribution in [2.45, 2.75) is 180 Å². The van der Waals surface area contributed by atoms with Crippen LogP contribution in [0.25, 0.3) is 0 Å². The Morgan fingerprint density at radius 1 is 0.588 bits per heavy atom. The molecule has 8 nitrogen and oxygen atoms in total. The van der Waals surface area contributed by atoms with Gasteiger partial charge in [-0.1, -0.05) is 134 Å². The lowest BCUT2D eigenvalue weighted by Gasteiger charge is -2.34. The van der Waals surface area contributed by atoms with Crippen molar-refractivity contribution in [2.75, 3.05) is 41.0 Å². The van der Waals surface area contributed by atoms with Crippen molar-refractivity contribution in [2.24, 2.45) is 0 Å². The number of allylic oxidation sites excluding steroid dienone is 6. The maximum atomic E-state index is 12.6. The summed E-state index contributed by atoms with van der Waals surface area (Å²) < 4.78 is 17.0. The predicted molar refractivity (Wildman–Crippen MR) is 208 cm³/mol. The summed E-state index contributed by atoms with van der Waals surface area (Å²) in [4.78, 5) is 36.5. The largest absolute Gasteiger partial charge is 0.544 e. The van der Waals surface area contributed by atoms with Gasteiger partial charge in [-0.25, -0.2) is 0 Å². The Balaban J connectivity index is 4.27. The second-order valence-electron chi connectivity index (χ2n) is 14.9. The van der Waals surface area contributed by atoms with E-state index in [-0.39, 0.29) is 49.1 Å². The van der Waals surface area contributed by atoms with E-state index in [0.29, 0.717) is 12.8 Å². The lowest BCUT2D eigenvalue weighted by molar-refractivity contribution is -0.889. The molecule has 0 aliphatic heterocycles. The molecule has 0 aliphatic carbocycles. The van der Waals surface area contributed by atoms with E-state index in [1.54, 1.807) is 21.1 Å². The Kier molecular flexibility index (Phi) is 33.0. The number of aliphatic carboxylic acids is 1. The number of nitrogens with zero attached hydrogens (tertiary/aromatic N) is 1. The van der Waals surface area contributed by atoms with Gasteiger partial charge in [-0.3, -0.25) is 9.59 Å². The Labute approximate surface area is 313 Å². The van der Waals surface area contributed by atoms with Crippen LogP contribution in [-0.2, 0) is 28.6 Å². The summed E-state index contributed by atoms with van der Waals surface area (Å²) >= 11 is 0. The highest BCUT2D eigenvalue weighted by molar-refractivity contribution is 5.70. The zero-order valence-electron chi connectivity index (χ0n) is 33.5. The molecule has 2 atom stereocenters. The van der Waals surface area contributed by atoms with Crippen LogP contribution in [-0.4, -0.2) is 75.5 Å². The molecule has 0 fully saturated rings. The highest BCUT2D eigenvalue weighted by Gasteiger charge is 2.25. The summed E-state index contributed by atoms with van der Waals surface area (Å²) in [6.07, 6.45) is 37.7. The molecule has 0 spiro atoms. The summed E-state index contributed by atoms with van der Waals surface area (Å²) in [7, 11) is 5.38. The van der Waals surface area contributed by atoms with Crippen LogP contribution < -0.4 is 5.11 Å². The van der Waals surface area contributed by atoms with Crippen molar-refractivity contribution >= 4 is 17.9 Å². The number of carbonyl (C=O) groups excluding carboxylic acids is 3. The first-order chi connectivity index (χ1) is 24.6.